The fourth-order valence-corrected chi connectivity index (χ4v) is 1.12. The van der Waals surface area contributed by atoms with E-state index < -0.39 is 0 Å². The van der Waals surface area contributed by atoms with Crippen LogP contribution >= 0.6 is 0 Å². The molecule has 0 amide bonds. The molecule has 2 aromatic rings. The van der Waals surface area contributed by atoms with Crippen molar-refractivity contribution in [1.82, 2.24) is 0 Å². The highest BCUT2D eigenvalue weighted by Crippen LogP contribution is 2.16. The molecular formula is C9H8N2O. The average Bonchev–Trinajstić information content (AvgIpc) is 2.49. The second-order valence-corrected chi connectivity index (χ2v) is 2.59. The minimum Gasteiger partial charge on any atom is -0.464 e. The normalized spacial score (nSPS) is 10.3. The van der Waals surface area contributed by atoms with Crippen molar-refractivity contribution < 1.29 is 4.42 Å². The number of nitrogens with one attached hydrogen (secondary N) is 1. The van der Waals surface area contributed by atoms with Gasteiger partial charge in [-0.25, -0.2) is 0 Å². The van der Waals surface area contributed by atoms with Crippen molar-refractivity contribution in [1.29, 1.82) is 5.41 Å². The van der Waals surface area contributed by atoms with E-state index in [0.29, 0.717) is 5.56 Å². The zero-order chi connectivity index (χ0) is 8.55. The second kappa shape index (κ2) is 2.37. The largest absolute Gasteiger partial charge is 0.464 e. The standard InChI is InChI=1S/C9H8N2O/c10-9(11)7-2-1-6-3-4-12-8(6)5-7/h1-5H,(H3,10,11). The molecule has 0 unspecified atom stereocenters. The molecule has 0 saturated heterocycles. The maximum absolute atomic E-state index is 7.20. The van der Waals surface area contributed by atoms with Crippen molar-refractivity contribution in [3.63, 3.8) is 0 Å². The molecule has 0 aliphatic heterocycles. The van der Waals surface area contributed by atoms with Gasteiger partial charge in [0, 0.05) is 10.9 Å². The highest BCUT2D eigenvalue weighted by Gasteiger charge is 1.99. The predicted octanol–water partition coefficient (Wildman–Crippen LogP) is 1.72. The van der Waals surface area contributed by atoms with Gasteiger partial charge in [-0.2, -0.15) is 0 Å². The van der Waals surface area contributed by atoms with Gasteiger partial charge in [0.2, 0.25) is 0 Å². The fourth-order valence-electron chi connectivity index (χ4n) is 1.12. The summed E-state index contributed by atoms with van der Waals surface area (Å²) in [4.78, 5) is 0. The first-order chi connectivity index (χ1) is 5.77. The number of nitrogen functional groups attached to an aromatic ring is 1. The lowest BCUT2D eigenvalue weighted by Gasteiger charge is -1.95. The summed E-state index contributed by atoms with van der Waals surface area (Å²) in [5, 5.41) is 8.23. The molecule has 3 N–H and O–H groups in total. The summed E-state index contributed by atoms with van der Waals surface area (Å²) < 4.78 is 5.16. The van der Waals surface area contributed by atoms with E-state index in [1.165, 1.54) is 0 Å². The molecule has 12 heavy (non-hydrogen) atoms. The number of hydrogen-bond donors (Lipinski definition) is 2. The molecule has 0 saturated carbocycles. The quantitative estimate of drug-likeness (QED) is 0.492. The summed E-state index contributed by atoms with van der Waals surface area (Å²) in [5.41, 5.74) is 6.77. The number of amidine groups is 1. The van der Waals surface area contributed by atoms with Gasteiger partial charge in [0.15, 0.2) is 0 Å². The van der Waals surface area contributed by atoms with Gasteiger partial charge in [0.1, 0.15) is 11.4 Å². The van der Waals surface area contributed by atoms with E-state index in [0.717, 1.165) is 11.0 Å². The highest BCUT2D eigenvalue weighted by atomic mass is 16.3. The number of nitrogens with two attached hydrogens (primary N) is 1. The van der Waals surface area contributed by atoms with Crippen molar-refractivity contribution in [2.24, 2.45) is 5.73 Å². The van der Waals surface area contributed by atoms with Gasteiger partial charge in [-0.3, -0.25) is 5.41 Å². The molecule has 3 nitrogen and oxygen atoms in total. The molecule has 0 aliphatic rings. The second-order valence-electron chi connectivity index (χ2n) is 2.59. The van der Waals surface area contributed by atoms with Crippen molar-refractivity contribution in [2.75, 3.05) is 0 Å². The van der Waals surface area contributed by atoms with Gasteiger partial charge < -0.3 is 10.2 Å². The molecule has 0 atom stereocenters. The molecule has 0 aliphatic carbocycles. The molecule has 60 valence electrons. The first-order valence-corrected chi connectivity index (χ1v) is 3.59. The minimum atomic E-state index is 0.0632. The van der Waals surface area contributed by atoms with E-state index in [2.05, 4.69) is 0 Å². The van der Waals surface area contributed by atoms with Crippen molar-refractivity contribution in [3.8, 4) is 0 Å². The van der Waals surface area contributed by atoms with Gasteiger partial charge in [-0.1, -0.05) is 12.1 Å². The number of furan rings is 1. The molecule has 0 fully saturated rings. The molecule has 2 rings (SSSR count). The Kier molecular flexibility index (Phi) is 1.37. The van der Waals surface area contributed by atoms with Gasteiger partial charge in [0.25, 0.3) is 0 Å². The number of hydrogen-bond acceptors (Lipinski definition) is 2. The smallest absolute Gasteiger partial charge is 0.134 e. The molecule has 3 heteroatoms. The Bertz CT molecular complexity index is 431. The first-order valence-electron chi connectivity index (χ1n) is 3.59. The maximum Gasteiger partial charge on any atom is 0.134 e. The predicted molar refractivity (Wildman–Crippen MR) is 47.2 cm³/mol. The minimum absolute atomic E-state index is 0.0632. The van der Waals surface area contributed by atoms with Crippen molar-refractivity contribution in [2.45, 2.75) is 0 Å². The number of rotatable bonds is 1. The lowest BCUT2D eigenvalue weighted by atomic mass is 10.1. The molecule has 1 aromatic heterocycles. The Morgan fingerprint density at radius 2 is 2.17 bits per heavy atom. The molecule has 1 aromatic carbocycles. The van der Waals surface area contributed by atoms with E-state index in [4.69, 9.17) is 15.6 Å². The fraction of sp³-hybridized carbons (Fsp3) is 0. The summed E-state index contributed by atoms with van der Waals surface area (Å²) in [6, 6.07) is 7.33. The number of benzene rings is 1. The van der Waals surface area contributed by atoms with Crippen LogP contribution in [0.4, 0.5) is 0 Å². The summed E-state index contributed by atoms with van der Waals surface area (Å²) in [5.74, 6) is 0.0632. The lowest BCUT2D eigenvalue weighted by Crippen LogP contribution is -2.10. The third kappa shape index (κ3) is 0.955. The van der Waals surface area contributed by atoms with Crippen LogP contribution in [0.15, 0.2) is 34.9 Å². The Hall–Kier alpha value is -1.77. The SMILES string of the molecule is N=C(N)c1ccc2ccoc2c1. The van der Waals surface area contributed by atoms with Gasteiger partial charge in [-0.15, -0.1) is 0 Å². The van der Waals surface area contributed by atoms with Crippen LogP contribution in [0.2, 0.25) is 0 Å². The topological polar surface area (TPSA) is 63.0 Å². The Morgan fingerprint density at radius 1 is 1.33 bits per heavy atom. The first kappa shape index (κ1) is 6.91. The molecule has 0 radical (unpaired) electrons. The van der Waals surface area contributed by atoms with E-state index in [1.807, 2.05) is 12.1 Å². The van der Waals surface area contributed by atoms with Crippen molar-refractivity contribution in [3.05, 3.63) is 36.1 Å². The summed E-state index contributed by atoms with van der Waals surface area (Å²) in [6.07, 6.45) is 1.62. The third-order valence-corrected chi connectivity index (χ3v) is 1.77. The lowest BCUT2D eigenvalue weighted by molar-refractivity contribution is 0.616. The molecule has 0 spiro atoms. The van der Waals surface area contributed by atoms with Crippen LogP contribution in [0.25, 0.3) is 11.0 Å². The zero-order valence-electron chi connectivity index (χ0n) is 6.37. The van der Waals surface area contributed by atoms with E-state index in [-0.39, 0.29) is 5.84 Å². The van der Waals surface area contributed by atoms with Crippen LogP contribution in [0.1, 0.15) is 5.56 Å². The van der Waals surface area contributed by atoms with Crippen LogP contribution in [0.3, 0.4) is 0 Å². The van der Waals surface area contributed by atoms with Crippen LogP contribution in [-0.4, -0.2) is 5.84 Å². The van der Waals surface area contributed by atoms with Crippen LogP contribution in [-0.2, 0) is 0 Å². The summed E-state index contributed by atoms with van der Waals surface area (Å²) in [7, 11) is 0. The average molecular weight is 160 g/mol. The summed E-state index contributed by atoms with van der Waals surface area (Å²) >= 11 is 0. The van der Waals surface area contributed by atoms with Crippen molar-refractivity contribution >= 4 is 16.8 Å². The Balaban J connectivity index is 2.68. The van der Waals surface area contributed by atoms with Crippen LogP contribution in [0.5, 0.6) is 0 Å². The Morgan fingerprint density at radius 3 is 2.92 bits per heavy atom. The van der Waals surface area contributed by atoms with Gasteiger partial charge in [0.05, 0.1) is 6.26 Å². The van der Waals surface area contributed by atoms with Crippen LogP contribution < -0.4 is 5.73 Å². The molecule has 1 heterocycles. The molecular weight excluding hydrogens is 152 g/mol. The zero-order valence-corrected chi connectivity index (χ0v) is 6.37. The maximum atomic E-state index is 7.20. The van der Waals surface area contributed by atoms with E-state index in [1.54, 1.807) is 18.4 Å². The van der Waals surface area contributed by atoms with Crippen LogP contribution in [0, 0.1) is 5.41 Å². The number of fused-ring (bicyclic) bond motifs is 1. The highest BCUT2D eigenvalue weighted by molar-refractivity contribution is 5.98. The third-order valence-electron chi connectivity index (χ3n) is 1.77. The monoisotopic (exact) mass is 160 g/mol. The van der Waals surface area contributed by atoms with E-state index >= 15 is 0 Å². The van der Waals surface area contributed by atoms with E-state index in [9.17, 15) is 0 Å². The van der Waals surface area contributed by atoms with Gasteiger partial charge in [-0.05, 0) is 12.1 Å². The Labute approximate surface area is 69.3 Å². The van der Waals surface area contributed by atoms with Gasteiger partial charge >= 0.3 is 0 Å². The summed E-state index contributed by atoms with van der Waals surface area (Å²) in [6.45, 7) is 0. The molecule has 0 bridgehead atoms.